The molecule has 0 heterocycles. The van der Waals surface area contributed by atoms with Gasteiger partial charge < -0.3 is 25.5 Å². The summed E-state index contributed by atoms with van der Waals surface area (Å²) in [4.78, 5) is 14.5. The van der Waals surface area contributed by atoms with Crippen LogP contribution in [-0.4, -0.2) is 67.3 Å². The minimum Gasteiger partial charge on any atom is -0.388 e. The Balaban J connectivity index is 4.69. The lowest BCUT2D eigenvalue weighted by molar-refractivity contribution is -0.308. The molecule has 0 bridgehead atoms. The number of aliphatic hydroxyl groups excluding tert-OH is 3. The van der Waals surface area contributed by atoms with Crippen molar-refractivity contribution in [3.05, 3.63) is 0 Å². The average molecular weight is 240 g/mol. The van der Waals surface area contributed by atoms with E-state index in [0.717, 1.165) is 0 Å². The van der Waals surface area contributed by atoms with E-state index in [1.54, 1.807) is 0 Å². The fraction of sp³-hybridized carbons (Fsp3) is 0.875. The van der Waals surface area contributed by atoms with Crippen LogP contribution in [0.15, 0.2) is 0 Å². The highest BCUT2D eigenvalue weighted by atomic mass is 17.1. The predicted molar refractivity (Wildman–Crippen MR) is 49.1 cm³/mol. The standard InChI is InChI=1S/C8H16O8/c1-2-4(9)6(11)8(13,14)7(12)5(10)3-16-15/h5-7,10-15H,2-3H2,1H3/t5-,6+,7-/m1/s1. The molecule has 0 radical (unpaired) electrons. The van der Waals surface area contributed by atoms with Crippen LogP contribution in [0, 0.1) is 0 Å². The third-order valence-corrected chi connectivity index (χ3v) is 2.10. The molecule has 0 aromatic carbocycles. The van der Waals surface area contributed by atoms with Crippen LogP contribution in [0.2, 0.25) is 0 Å². The average Bonchev–Trinajstić information content (AvgIpc) is 2.25. The fourth-order valence-corrected chi connectivity index (χ4v) is 1.04. The smallest absolute Gasteiger partial charge is 0.226 e. The fourth-order valence-electron chi connectivity index (χ4n) is 1.04. The van der Waals surface area contributed by atoms with Crippen LogP contribution < -0.4 is 0 Å². The van der Waals surface area contributed by atoms with Crippen LogP contribution >= 0.6 is 0 Å². The zero-order chi connectivity index (χ0) is 12.9. The third kappa shape index (κ3) is 3.46. The summed E-state index contributed by atoms with van der Waals surface area (Å²) >= 11 is 0. The molecule has 8 nitrogen and oxygen atoms in total. The molecule has 0 aromatic heterocycles. The number of aliphatic hydroxyl groups is 5. The first-order chi connectivity index (χ1) is 7.28. The van der Waals surface area contributed by atoms with Crippen molar-refractivity contribution in [2.24, 2.45) is 0 Å². The van der Waals surface area contributed by atoms with Crippen LogP contribution in [0.5, 0.6) is 0 Å². The number of carbonyl (C=O) groups is 1. The van der Waals surface area contributed by atoms with Crippen molar-refractivity contribution in [1.82, 2.24) is 0 Å². The van der Waals surface area contributed by atoms with Crippen molar-refractivity contribution < 1.29 is 40.5 Å². The van der Waals surface area contributed by atoms with Crippen LogP contribution in [0.1, 0.15) is 13.3 Å². The van der Waals surface area contributed by atoms with E-state index in [-0.39, 0.29) is 6.42 Å². The molecular formula is C8H16O8. The van der Waals surface area contributed by atoms with E-state index in [2.05, 4.69) is 4.89 Å². The Morgan fingerprint density at radius 1 is 1.31 bits per heavy atom. The Kier molecular flexibility index (Phi) is 5.97. The lowest BCUT2D eigenvalue weighted by Gasteiger charge is -2.32. The van der Waals surface area contributed by atoms with Gasteiger partial charge in [0.25, 0.3) is 0 Å². The normalized spacial score (nSPS) is 17.9. The highest BCUT2D eigenvalue weighted by Gasteiger charge is 2.47. The SMILES string of the molecule is CCC(=O)[C@H](O)C(O)(O)[C@H](O)[C@H](O)COO. The first-order valence-corrected chi connectivity index (χ1v) is 4.57. The molecule has 0 aliphatic heterocycles. The van der Waals surface area contributed by atoms with Gasteiger partial charge in [0, 0.05) is 6.42 Å². The van der Waals surface area contributed by atoms with E-state index in [0.29, 0.717) is 0 Å². The molecule has 0 fully saturated rings. The minimum absolute atomic E-state index is 0.177. The highest BCUT2D eigenvalue weighted by molar-refractivity contribution is 5.83. The van der Waals surface area contributed by atoms with Crippen LogP contribution in [0.3, 0.4) is 0 Å². The van der Waals surface area contributed by atoms with Crippen molar-refractivity contribution in [3.8, 4) is 0 Å². The molecule has 3 atom stereocenters. The molecule has 0 saturated heterocycles. The van der Waals surface area contributed by atoms with Gasteiger partial charge in [0.1, 0.15) is 18.8 Å². The summed E-state index contributed by atoms with van der Waals surface area (Å²) in [6.07, 6.45) is -6.59. The molecule has 0 unspecified atom stereocenters. The quantitative estimate of drug-likeness (QED) is 0.159. The van der Waals surface area contributed by atoms with Crippen LogP contribution in [0.25, 0.3) is 0 Å². The second kappa shape index (κ2) is 6.21. The maximum Gasteiger partial charge on any atom is 0.226 e. The number of hydrogen-bond acceptors (Lipinski definition) is 8. The van der Waals surface area contributed by atoms with E-state index < -0.39 is 36.5 Å². The van der Waals surface area contributed by atoms with Gasteiger partial charge in [0.05, 0.1) is 0 Å². The number of Topliss-reactive ketones (excluding diaryl/α,β-unsaturated/α-hetero) is 1. The topological polar surface area (TPSA) is 148 Å². The van der Waals surface area contributed by atoms with Gasteiger partial charge in [-0.1, -0.05) is 6.92 Å². The maximum absolute atomic E-state index is 11.0. The van der Waals surface area contributed by atoms with E-state index in [9.17, 15) is 25.2 Å². The summed E-state index contributed by atoms with van der Waals surface area (Å²) in [7, 11) is 0. The van der Waals surface area contributed by atoms with Gasteiger partial charge in [-0.2, -0.15) is 0 Å². The highest BCUT2D eigenvalue weighted by Crippen LogP contribution is 2.17. The molecule has 0 rings (SSSR count). The molecule has 0 spiro atoms. The first-order valence-electron chi connectivity index (χ1n) is 4.57. The molecule has 0 saturated carbocycles. The van der Waals surface area contributed by atoms with Crippen LogP contribution in [-0.2, 0) is 9.68 Å². The molecule has 0 aliphatic carbocycles. The van der Waals surface area contributed by atoms with Gasteiger partial charge in [0.15, 0.2) is 11.9 Å². The molecule has 0 amide bonds. The minimum atomic E-state index is -3.22. The second-order valence-corrected chi connectivity index (χ2v) is 3.31. The van der Waals surface area contributed by atoms with Gasteiger partial charge in [0.2, 0.25) is 5.79 Å². The Morgan fingerprint density at radius 2 is 1.81 bits per heavy atom. The van der Waals surface area contributed by atoms with Crippen molar-refractivity contribution in [1.29, 1.82) is 0 Å². The summed E-state index contributed by atoms with van der Waals surface area (Å²) in [6, 6.07) is 0. The monoisotopic (exact) mass is 240 g/mol. The Morgan fingerprint density at radius 3 is 2.19 bits per heavy atom. The lowest BCUT2D eigenvalue weighted by atomic mass is 9.95. The zero-order valence-electron chi connectivity index (χ0n) is 8.65. The van der Waals surface area contributed by atoms with Crippen molar-refractivity contribution in [3.63, 3.8) is 0 Å². The molecule has 16 heavy (non-hydrogen) atoms. The number of hydrogen-bond donors (Lipinski definition) is 6. The molecule has 0 aromatic rings. The predicted octanol–water partition coefficient (Wildman–Crippen LogP) is -2.78. The maximum atomic E-state index is 11.0. The van der Waals surface area contributed by atoms with E-state index in [4.69, 9.17) is 10.4 Å². The summed E-state index contributed by atoms with van der Waals surface area (Å²) in [5.41, 5.74) is 0. The van der Waals surface area contributed by atoms with Gasteiger partial charge >= 0.3 is 0 Å². The summed E-state index contributed by atoms with van der Waals surface area (Å²) in [5, 5.41) is 54.1. The molecular weight excluding hydrogens is 224 g/mol. The summed E-state index contributed by atoms with van der Waals surface area (Å²) in [6.45, 7) is 0.568. The third-order valence-electron chi connectivity index (χ3n) is 2.10. The first kappa shape index (κ1) is 15.4. The Hall–Kier alpha value is -0.610. The van der Waals surface area contributed by atoms with Crippen molar-refractivity contribution in [2.45, 2.75) is 37.4 Å². The Bertz CT molecular complexity index is 228. The Labute approximate surface area is 91.3 Å². The number of carbonyl (C=O) groups excluding carboxylic acids is 1. The number of ketones is 1. The number of rotatable bonds is 7. The van der Waals surface area contributed by atoms with Gasteiger partial charge in [-0.15, -0.1) is 0 Å². The molecule has 6 N–H and O–H groups in total. The van der Waals surface area contributed by atoms with Gasteiger partial charge in [-0.05, 0) is 0 Å². The summed E-state index contributed by atoms with van der Waals surface area (Å²) in [5.74, 6) is -4.13. The van der Waals surface area contributed by atoms with Crippen molar-refractivity contribution >= 4 is 5.78 Å². The van der Waals surface area contributed by atoms with E-state index >= 15 is 0 Å². The van der Waals surface area contributed by atoms with Crippen LogP contribution in [0.4, 0.5) is 0 Å². The van der Waals surface area contributed by atoms with Gasteiger partial charge in [-0.3, -0.25) is 10.1 Å². The largest absolute Gasteiger partial charge is 0.388 e. The second-order valence-electron chi connectivity index (χ2n) is 3.31. The van der Waals surface area contributed by atoms with E-state index in [1.165, 1.54) is 6.92 Å². The van der Waals surface area contributed by atoms with Gasteiger partial charge in [-0.25, -0.2) is 4.89 Å². The molecule has 8 heteroatoms. The zero-order valence-corrected chi connectivity index (χ0v) is 8.65. The van der Waals surface area contributed by atoms with E-state index in [1.807, 2.05) is 0 Å². The lowest BCUT2D eigenvalue weighted by Crippen LogP contribution is -2.59. The van der Waals surface area contributed by atoms with Crippen molar-refractivity contribution in [2.75, 3.05) is 6.61 Å². The molecule has 0 aliphatic rings. The molecule has 96 valence electrons. The summed E-state index contributed by atoms with van der Waals surface area (Å²) < 4.78 is 0.